The summed E-state index contributed by atoms with van der Waals surface area (Å²) in [7, 11) is 0. The monoisotopic (exact) mass is 374 g/mol. The molecule has 0 bridgehead atoms. The fourth-order valence-corrected chi connectivity index (χ4v) is 3.63. The molecule has 1 amide bonds. The van der Waals surface area contributed by atoms with Crippen LogP contribution in [0.3, 0.4) is 0 Å². The average Bonchev–Trinajstić information content (AvgIpc) is 2.70. The predicted molar refractivity (Wildman–Crippen MR) is 110 cm³/mol. The number of anilines is 2. The second-order valence-corrected chi connectivity index (χ2v) is 7.72. The Balaban J connectivity index is 1.30. The van der Waals surface area contributed by atoms with Gasteiger partial charge in [0.25, 0.3) is 0 Å². The number of nitrogens with one attached hydrogen (secondary N) is 2. The van der Waals surface area contributed by atoms with Crippen molar-refractivity contribution >= 4 is 17.3 Å². The standard InChI is InChI=1S/C21H34N4O2/c1-18-7-11-25(12-8-18)20-4-2-19(3-5-20)23-21(26)6-9-22-10-13-24-14-16-27-17-15-24/h2-5,18,22H,6-17H2,1H3,(H,23,26). The highest BCUT2D eigenvalue weighted by molar-refractivity contribution is 5.91. The highest BCUT2D eigenvalue weighted by atomic mass is 16.5. The molecule has 150 valence electrons. The van der Waals surface area contributed by atoms with E-state index < -0.39 is 0 Å². The quantitative estimate of drug-likeness (QED) is 0.683. The molecule has 2 fully saturated rings. The fraction of sp³-hybridized carbons (Fsp3) is 0.667. The van der Waals surface area contributed by atoms with E-state index >= 15 is 0 Å². The molecule has 0 spiro atoms. The summed E-state index contributed by atoms with van der Waals surface area (Å²) in [6.07, 6.45) is 3.02. The van der Waals surface area contributed by atoms with Gasteiger partial charge in [-0.05, 0) is 43.0 Å². The van der Waals surface area contributed by atoms with Crippen LogP contribution in [0, 0.1) is 5.92 Å². The van der Waals surface area contributed by atoms with Crippen molar-refractivity contribution in [3.8, 4) is 0 Å². The van der Waals surface area contributed by atoms with Crippen molar-refractivity contribution in [1.29, 1.82) is 0 Å². The van der Waals surface area contributed by atoms with Crippen LogP contribution in [0.2, 0.25) is 0 Å². The number of rotatable bonds is 8. The van der Waals surface area contributed by atoms with E-state index in [-0.39, 0.29) is 5.91 Å². The molecule has 0 radical (unpaired) electrons. The fourth-order valence-electron chi connectivity index (χ4n) is 3.63. The number of carbonyl (C=O) groups is 1. The predicted octanol–water partition coefficient (Wildman–Crippen LogP) is 2.17. The zero-order valence-corrected chi connectivity index (χ0v) is 16.6. The summed E-state index contributed by atoms with van der Waals surface area (Å²) >= 11 is 0. The lowest BCUT2D eigenvalue weighted by Gasteiger charge is -2.32. The van der Waals surface area contributed by atoms with Crippen LogP contribution in [0.25, 0.3) is 0 Å². The van der Waals surface area contributed by atoms with Gasteiger partial charge in [-0.25, -0.2) is 0 Å². The first-order valence-electron chi connectivity index (χ1n) is 10.4. The molecule has 2 saturated heterocycles. The summed E-state index contributed by atoms with van der Waals surface area (Å²) in [5.74, 6) is 0.899. The van der Waals surface area contributed by atoms with Crippen molar-refractivity contribution in [2.24, 2.45) is 5.92 Å². The maximum Gasteiger partial charge on any atom is 0.225 e. The number of morpholine rings is 1. The minimum Gasteiger partial charge on any atom is -0.379 e. The van der Waals surface area contributed by atoms with Crippen LogP contribution < -0.4 is 15.5 Å². The van der Waals surface area contributed by atoms with Crippen LogP contribution >= 0.6 is 0 Å². The molecule has 2 N–H and O–H groups in total. The first kappa shape index (κ1) is 20.1. The van der Waals surface area contributed by atoms with E-state index in [1.807, 2.05) is 12.1 Å². The molecule has 2 aliphatic rings. The van der Waals surface area contributed by atoms with E-state index in [1.165, 1.54) is 18.5 Å². The molecule has 1 aromatic rings. The summed E-state index contributed by atoms with van der Waals surface area (Å²) in [5.41, 5.74) is 2.13. The third kappa shape index (κ3) is 6.79. The van der Waals surface area contributed by atoms with Crippen molar-refractivity contribution in [1.82, 2.24) is 10.2 Å². The highest BCUT2D eigenvalue weighted by Gasteiger charge is 2.16. The lowest BCUT2D eigenvalue weighted by molar-refractivity contribution is -0.116. The van der Waals surface area contributed by atoms with Gasteiger partial charge in [0.2, 0.25) is 5.91 Å². The second kappa shape index (κ2) is 10.6. The number of hydrogen-bond donors (Lipinski definition) is 2. The van der Waals surface area contributed by atoms with E-state index in [2.05, 4.69) is 39.5 Å². The zero-order chi connectivity index (χ0) is 18.9. The van der Waals surface area contributed by atoms with Gasteiger partial charge in [0, 0.05) is 63.6 Å². The normalized spacial score (nSPS) is 19.2. The molecule has 0 unspecified atom stereocenters. The maximum absolute atomic E-state index is 12.1. The second-order valence-electron chi connectivity index (χ2n) is 7.72. The zero-order valence-electron chi connectivity index (χ0n) is 16.6. The van der Waals surface area contributed by atoms with Crippen molar-refractivity contribution < 1.29 is 9.53 Å². The number of amides is 1. The third-order valence-corrected chi connectivity index (χ3v) is 5.54. The number of hydrogen-bond acceptors (Lipinski definition) is 5. The van der Waals surface area contributed by atoms with Crippen LogP contribution in [0.4, 0.5) is 11.4 Å². The molecule has 0 saturated carbocycles. The Morgan fingerprint density at radius 3 is 2.48 bits per heavy atom. The third-order valence-electron chi connectivity index (χ3n) is 5.54. The molecule has 1 aromatic carbocycles. The van der Waals surface area contributed by atoms with E-state index in [4.69, 9.17) is 4.74 Å². The first-order chi connectivity index (χ1) is 13.2. The van der Waals surface area contributed by atoms with Gasteiger partial charge in [0.05, 0.1) is 13.2 Å². The molecular formula is C21H34N4O2. The molecule has 6 heteroatoms. The Labute approximate surface area is 163 Å². The van der Waals surface area contributed by atoms with E-state index in [0.29, 0.717) is 13.0 Å². The number of piperidine rings is 1. The van der Waals surface area contributed by atoms with Gasteiger partial charge in [-0.1, -0.05) is 6.92 Å². The van der Waals surface area contributed by atoms with Crippen LogP contribution in [-0.4, -0.2) is 69.8 Å². The van der Waals surface area contributed by atoms with Crippen molar-refractivity contribution in [3.05, 3.63) is 24.3 Å². The molecule has 0 atom stereocenters. The first-order valence-corrected chi connectivity index (χ1v) is 10.4. The van der Waals surface area contributed by atoms with Gasteiger partial charge in [-0.2, -0.15) is 0 Å². The lowest BCUT2D eigenvalue weighted by atomic mass is 9.99. The van der Waals surface area contributed by atoms with Gasteiger partial charge in [0.15, 0.2) is 0 Å². The molecule has 3 rings (SSSR count). The SMILES string of the molecule is CC1CCN(c2ccc(NC(=O)CCNCCN3CCOCC3)cc2)CC1. The van der Waals surface area contributed by atoms with E-state index in [0.717, 1.165) is 64.1 Å². The molecule has 6 nitrogen and oxygen atoms in total. The molecule has 0 aliphatic carbocycles. The Bertz CT molecular complexity index is 564. The van der Waals surface area contributed by atoms with Crippen LogP contribution in [0.5, 0.6) is 0 Å². The molecule has 2 heterocycles. The summed E-state index contributed by atoms with van der Waals surface area (Å²) in [6, 6.07) is 8.26. The van der Waals surface area contributed by atoms with E-state index in [1.54, 1.807) is 0 Å². The van der Waals surface area contributed by atoms with Crippen LogP contribution in [0.15, 0.2) is 24.3 Å². The number of carbonyl (C=O) groups excluding carboxylic acids is 1. The van der Waals surface area contributed by atoms with Gasteiger partial charge in [0.1, 0.15) is 0 Å². The van der Waals surface area contributed by atoms with Crippen molar-refractivity contribution in [3.63, 3.8) is 0 Å². The molecule has 27 heavy (non-hydrogen) atoms. The van der Waals surface area contributed by atoms with Gasteiger partial charge < -0.3 is 20.3 Å². The lowest BCUT2D eigenvalue weighted by Crippen LogP contribution is -2.40. The maximum atomic E-state index is 12.1. The summed E-state index contributed by atoms with van der Waals surface area (Å²) in [4.78, 5) is 16.9. The molecular weight excluding hydrogens is 340 g/mol. The molecule has 0 aromatic heterocycles. The number of ether oxygens (including phenoxy) is 1. The van der Waals surface area contributed by atoms with Crippen LogP contribution in [0.1, 0.15) is 26.2 Å². The smallest absolute Gasteiger partial charge is 0.225 e. The van der Waals surface area contributed by atoms with Crippen molar-refractivity contribution in [2.75, 3.05) is 69.2 Å². The van der Waals surface area contributed by atoms with Crippen molar-refractivity contribution in [2.45, 2.75) is 26.2 Å². The summed E-state index contributed by atoms with van der Waals surface area (Å²) in [6.45, 7) is 10.9. The minimum atomic E-state index is 0.0634. The van der Waals surface area contributed by atoms with Gasteiger partial charge in [-0.15, -0.1) is 0 Å². The van der Waals surface area contributed by atoms with Crippen LogP contribution in [-0.2, 0) is 9.53 Å². The average molecular weight is 375 g/mol. The summed E-state index contributed by atoms with van der Waals surface area (Å²) < 4.78 is 5.34. The summed E-state index contributed by atoms with van der Waals surface area (Å²) in [5, 5.41) is 6.35. The Kier molecular flexibility index (Phi) is 7.93. The number of benzene rings is 1. The van der Waals surface area contributed by atoms with Gasteiger partial charge in [-0.3, -0.25) is 9.69 Å². The topological polar surface area (TPSA) is 56.8 Å². The Morgan fingerprint density at radius 2 is 1.78 bits per heavy atom. The highest BCUT2D eigenvalue weighted by Crippen LogP contribution is 2.24. The van der Waals surface area contributed by atoms with E-state index in [9.17, 15) is 4.79 Å². The van der Waals surface area contributed by atoms with Gasteiger partial charge >= 0.3 is 0 Å². The largest absolute Gasteiger partial charge is 0.379 e. The minimum absolute atomic E-state index is 0.0634. The molecule has 2 aliphatic heterocycles. The Morgan fingerprint density at radius 1 is 1.07 bits per heavy atom. The number of nitrogens with zero attached hydrogens (tertiary/aromatic N) is 2. The Hall–Kier alpha value is -1.63.